The van der Waals surface area contributed by atoms with Crippen LogP contribution in [0.3, 0.4) is 0 Å². The molecule has 0 aromatic heterocycles. The summed E-state index contributed by atoms with van der Waals surface area (Å²) < 4.78 is 11.4. The normalized spacial score (nSPS) is 29.0. The molecule has 0 bridgehead atoms. The average molecular weight is 200 g/mol. The molecule has 2 heteroatoms. The largest absolute Gasteiger partial charge is 0.232 e. The molecular formula is C4H6FI. The molecule has 1 rings (SSSR count). The van der Waals surface area contributed by atoms with Crippen molar-refractivity contribution in [2.45, 2.75) is 22.9 Å². The van der Waals surface area contributed by atoms with E-state index in [1.54, 1.807) is 0 Å². The lowest BCUT2D eigenvalue weighted by atomic mass is 9.98. The molecule has 0 amide bonds. The van der Waals surface area contributed by atoms with Crippen LogP contribution >= 0.6 is 22.6 Å². The van der Waals surface area contributed by atoms with Crippen molar-refractivity contribution in [1.29, 1.82) is 0 Å². The Morgan fingerprint density at radius 3 is 1.83 bits per heavy atom. The fraction of sp³-hybridized carbons (Fsp3) is 1.00. The van der Waals surface area contributed by atoms with Gasteiger partial charge in [0.05, 0.1) is 0 Å². The highest BCUT2D eigenvalue weighted by Crippen LogP contribution is 2.41. The van der Waals surface area contributed by atoms with Crippen molar-refractivity contribution < 1.29 is 4.39 Å². The Morgan fingerprint density at radius 1 is 1.50 bits per heavy atom. The molecule has 0 saturated heterocycles. The zero-order valence-electron chi connectivity index (χ0n) is 3.38. The molecule has 0 N–H and O–H groups in total. The summed E-state index contributed by atoms with van der Waals surface area (Å²) in [5.41, 5.74) is 0. The van der Waals surface area contributed by atoms with E-state index in [1.165, 1.54) is 0 Å². The van der Waals surface area contributed by atoms with Gasteiger partial charge in [-0.3, -0.25) is 0 Å². The van der Waals surface area contributed by atoms with Crippen LogP contribution in [-0.4, -0.2) is 3.68 Å². The van der Waals surface area contributed by atoms with Crippen molar-refractivity contribution in [3.8, 4) is 0 Å². The molecule has 1 fully saturated rings. The van der Waals surface area contributed by atoms with Crippen molar-refractivity contribution in [1.82, 2.24) is 0 Å². The molecule has 0 aliphatic heterocycles. The third-order valence-electron chi connectivity index (χ3n) is 1.09. The molecule has 0 spiro atoms. The minimum atomic E-state index is -0.808. The van der Waals surface area contributed by atoms with E-state index in [-0.39, 0.29) is 0 Å². The maximum Gasteiger partial charge on any atom is 0.161 e. The Bertz CT molecular complexity index is 54.6. The van der Waals surface area contributed by atoms with Crippen molar-refractivity contribution >= 4 is 22.6 Å². The summed E-state index contributed by atoms with van der Waals surface area (Å²) >= 11 is 1.86. The van der Waals surface area contributed by atoms with Gasteiger partial charge < -0.3 is 0 Å². The van der Waals surface area contributed by atoms with Crippen molar-refractivity contribution in [3.63, 3.8) is 0 Å². The van der Waals surface area contributed by atoms with Gasteiger partial charge in [-0.15, -0.1) is 0 Å². The molecule has 0 unspecified atom stereocenters. The van der Waals surface area contributed by atoms with Crippen LogP contribution in [0.1, 0.15) is 19.3 Å². The quantitative estimate of drug-likeness (QED) is 0.415. The first-order valence-corrected chi connectivity index (χ1v) is 3.16. The highest BCUT2D eigenvalue weighted by molar-refractivity contribution is 14.1. The van der Waals surface area contributed by atoms with Crippen LogP contribution in [0.15, 0.2) is 0 Å². The molecule has 0 aromatic rings. The molecule has 0 atom stereocenters. The summed E-state index contributed by atoms with van der Waals surface area (Å²) in [6, 6.07) is 0. The molecule has 0 nitrogen and oxygen atoms in total. The van der Waals surface area contributed by atoms with Gasteiger partial charge in [0.25, 0.3) is 0 Å². The standard InChI is InChI=1S/C4H6FI/c5-4(6)2-1-3-4/h1-3H2. The van der Waals surface area contributed by atoms with E-state index in [0.29, 0.717) is 0 Å². The van der Waals surface area contributed by atoms with Crippen molar-refractivity contribution in [3.05, 3.63) is 0 Å². The van der Waals surface area contributed by atoms with Gasteiger partial charge in [0, 0.05) is 0 Å². The predicted molar refractivity (Wildman–Crippen MR) is 31.7 cm³/mol. The molecule has 36 valence electrons. The second-order valence-electron chi connectivity index (χ2n) is 1.71. The van der Waals surface area contributed by atoms with E-state index in [0.717, 1.165) is 19.3 Å². The van der Waals surface area contributed by atoms with Gasteiger partial charge in [-0.05, 0) is 41.9 Å². The lowest BCUT2D eigenvalue weighted by Gasteiger charge is -2.26. The average Bonchev–Trinajstić information content (AvgIpc) is 1.32. The highest BCUT2D eigenvalue weighted by atomic mass is 127. The van der Waals surface area contributed by atoms with Gasteiger partial charge in [0.1, 0.15) is 0 Å². The number of alkyl halides is 2. The third-order valence-corrected chi connectivity index (χ3v) is 2.16. The summed E-state index contributed by atoms with van der Waals surface area (Å²) in [5.74, 6) is 0. The molecular weight excluding hydrogens is 194 g/mol. The fourth-order valence-corrected chi connectivity index (χ4v) is 1.21. The minimum Gasteiger partial charge on any atom is -0.232 e. The zero-order chi connectivity index (χ0) is 4.62. The molecule has 1 saturated carbocycles. The highest BCUT2D eigenvalue weighted by Gasteiger charge is 2.32. The monoisotopic (exact) mass is 200 g/mol. The van der Waals surface area contributed by atoms with Gasteiger partial charge in [0.15, 0.2) is 3.68 Å². The Kier molecular flexibility index (Phi) is 1.06. The summed E-state index contributed by atoms with van der Waals surface area (Å²) in [4.78, 5) is 0. The summed E-state index contributed by atoms with van der Waals surface area (Å²) in [5, 5.41) is 0. The first-order valence-electron chi connectivity index (χ1n) is 2.09. The number of hydrogen-bond donors (Lipinski definition) is 0. The van der Waals surface area contributed by atoms with Gasteiger partial charge >= 0.3 is 0 Å². The first-order chi connectivity index (χ1) is 2.71. The summed E-state index contributed by atoms with van der Waals surface area (Å²) in [6.45, 7) is 0. The molecule has 1 aliphatic carbocycles. The lowest BCUT2D eigenvalue weighted by Crippen LogP contribution is -2.22. The zero-order valence-corrected chi connectivity index (χ0v) is 5.53. The van der Waals surface area contributed by atoms with Crippen LogP contribution in [-0.2, 0) is 0 Å². The maximum atomic E-state index is 12.2. The Balaban J connectivity index is 2.31. The second-order valence-corrected chi connectivity index (χ2v) is 3.64. The molecule has 1 aliphatic rings. The summed E-state index contributed by atoms with van der Waals surface area (Å²) in [7, 11) is 0. The van der Waals surface area contributed by atoms with Gasteiger partial charge in [-0.25, -0.2) is 4.39 Å². The first kappa shape index (κ1) is 4.81. The van der Waals surface area contributed by atoms with E-state index in [1.807, 2.05) is 22.6 Å². The molecule has 0 radical (unpaired) electrons. The van der Waals surface area contributed by atoms with Crippen LogP contribution < -0.4 is 0 Å². The molecule has 0 aromatic carbocycles. The van der Waals surface area contributed by atoms with E-state index in [4.69, 9.17) is 0 Å². The van der Waals surface area contributed by atoms with Crippen LogP contribution in [0.4, 0.5) is 4.39 Å². The van der Waals surface area contributed by atoms with Crippen LogP contribution in [0.5, 0.6) is 0 Å². The topological polar surface area (TPSA) is 0 Å². The number of hydrogen-bond acceptors (Lipinski definition) is 0. The SMILES string of the molecule is FC1(I)CCC1. The number of halogens is 2. The predicted octanol–water partition coefficient (Wildman–Crippen LogP) is 2.27. The van der Waals surface area contributed by atoms with E-state index in [9.17, 15) is 4.39 Å². The van der Waals surface area contributed by atoms with E-state index >= 15 is 0 Å². The lowest BCUT2D eigenvalue weighted by molar-refractivity contribution is 0.191. The van der Waals surface area contributed by atoms with Gasteiger partial charge in [-0.2, -0.15) is 0 Å². The van der Waals surface area contributed by atoms with E-state index in [2.05, 4.69) is 0 Å². The molecule has 0 heterocycles. The summed E-state index contributed by atoms with van der Waals surface area (Å²) in [6.07, 6.45) is 2.63. The Morgan fingerprint density at radius 2 is 1.83 bits per heavy atom. The maximum absolute atomic E-state index is 12.2. The Labute approximate surface area is 50.3 Å². The van der Waals surface area contributed by atoms with Crippen molar-refractivity contribution in [2.24, 2.45) is 0 Å². The van der Waals surface area contributed by atoms with E-state index < -0.39 is 3.68 Å². The Hall–Kier alpha value is 0.660. The third kappa shape index (κ3) is 0.832. The second kappa shape index (κ2) is 1.32. The smallest absolute Gasteiger partial charge is 0.161 e. The fourth-order valence-electron chi connectivity index (χ4n) is 0.444. The minimum absolute atomic E-state index is 0.771. The van der Waals surface area contributed by atoms with Crippen LogP contribution in [0, 0.1) is 0 Å². The van der Waals surface area contributed by atoms with Crippen molar-refractivity contribution in [2.75, 3.05) is 0 Å². The molecule has 6 heavy (non-hydrogen) atoms. The van der Waals surface area contributed by atoms with Gasteiger partial charge in [0.2, 0.25) is 0 Å². The van der Waals surface area contributed by atoms with Crippen LogP contribution in [0.25, 0.3) is 0 Å². The number of rotatable bonds is 0. The van der Waals surface area contributed by atoms with Crippen LogP contribution in [0.2, 0.25) is 0 Å². The van der Waals surface area contributed by atoms with Gasteiger partial charge in [-0.1, -0.05) is 0 Å².